The van der Waals surface area contributed by atoms with Crippen LogP contribution in [-0.2, 0) is 20.8 Å². The van der Waals surface area contributed by atoms with Gasteiger partial charge in [-0.1, -0.05) is 56.8 Å². The molecule has 4 nitrogen and oxygen atoms in total. The molecular weight excluding hydrogens is 332 g/mol. The summed E-state index contributed by atoms with van der Waals surface area (Å²) in [5, 5.41) is 0. The molecule has 1 fully saturated rings. The molecule has 0 atom stereocenters. The minimum atomic E-state index is -1.06. The molecule has 0 bridgehead atoms. The van der Waals surface area contributed by atoms with Gasteiger partial charge < -0.3 is 15.2 Å². The van der Waals surface area contributed by atoms with Gasteiger partial charge in [0.2, 0.25) is 0 Å². The largest absolute Gasteiger partial charge is 0.383 e. The highest BCUT2D eigenvalue weighted by Gasteiger charge is 2.47. The number of nitrogens with zero attached hydrogens (tertiary/aromatic N) is 1. The number of rotatable bonds is 2. The van der Waals surface area contributed by atoms with Crippen LogP contribution in [0.3, 0.4) is 0 Å². The van der Waals surface area contributed by atoms with E-state index in [0.29, 0.717) is 19.0 Å². The highest BCUT2D eigenvalue weighted by molar-refractivity contribution is 7.99. The zero-order valence-electron chi connectivity index (χ0n) is 14.7. The lowest BCUT2D eigenvalue weighted by atomic mass is 9.87. The van der Waals surface area contributed by atoms with Crippen molar-refractivity contribution in [1.29, 1.82) is 0 Å². The van der Waals surface area contributed by atoms with Gasteiger partial charge in [0.25, 0.3) is 0 Å². The lowest BCUT2D eigenvalue weighted by Gasteiger charge is -2.22. The van der Waals surface area contributed by atoms with Crippen molar-refractivity contribution >= 4 is 17.6 Å². The molecule has 2 N–H and O–H groups in total. The first-order chi connectivity index (χ1) is 11.9. The van der Waals surface area contributed by atoms with Crippen molar-refractivity contribution < 1.29 is 9.47 Å². The summed E-state index contributed by atoms with van der Waals surface area (Å²) in [4.78, 5) is 6.70. The van der Waals surface area contributed by atoms with Crippen molar-refractivity contribution in [2.24, 2.45) is 10.7 Å². The van der Waals surface area contributed by atoms with Crippen LogP contribution >= 0.6 is 11.8 Å². The monoisotopic (exact) mass is 354 g/mol. The average molecular weight is 354 g/mol. The molecule has 0 unspecified atom stereocenters. The minimum Gasteiger partial charge on any atom is -0.383 e. The maximum Gasteiger partial charge on any atom is 0.301 e. The molecule has 5 heteroatoms. The predicted molar refractivity (Wildman–Crippen MR) is 100 cm³/mol. The van der Waals surface area contributed by atoms with E-state index in [1.54, 1.807) is 11.8 Å². The Hall–Kier alpha value is -1.82. The van der Waals surface area contributed by atoms with E-state index in [2.05, 4.69) is 56.1 Å². The van der Waals surface area contributed by atoms with Crippen LogP contribution < -0.4 is 5.73 Å². The van der Waals surface area contributed by atoms with Gasteiger partial charge in [-0.15, -0.1) is 0 Å². The standard InChI is InChI=1S/C20H22N2O2S/c1-19(2,3)13-7-9-14(10-8-13)25-16-6-4-5-15-17(16)20(22-18(15)21)23-11-12-24-20/h4-10H,11-12H2,1-3H3,(H2,21,22). The molecule has 2 aromatic carbocycles. The van der Waals surface area contributed by atoms with Gasteiger partial charge in [0.05, 0.1) is 18.8 Å². The molecular formula is C20H22N2O2S. The molecule has 130 valence electrons. The molecule has 2 aromatic rings. The molecule has 1 saturated heterocycles. The maximum absolute atomic E-state index is 6.11. The molecule has 0 radical (unpaired) electrons. The van der Waals surface area contributed by atoms with Crippen LogP contribution in [0.1, 0.15) is 37.5 Å². The fourth-order valence-electron chi connectivity index (χ4n) is 3.19. The molecule has 0 amide bonds. The predicted octanol–water partition coefficient (Wildman–Crippen LogP) is 4.01. The Bertz CT molecular complexity index is 832. The van der Waals surface area contributed by atoms with Crippen molar-refractivity contribution in [2.75, 3.05) is 13.2 Å². The number of ether oxygens (including phenoxy) is 2. The summed E-state index contributed by atoms with van der Waals surface area (Å²) in [6.45, 7) is 7.71. The number of amidine groups is 1. The smallest absolute Gasteiger partial charge is 0.301 e. The summed E-state index contributed by atoms with van der Waals surface area (Å²) < 4.78 is 11.7. The highest BCUT2D eigenvalue weighted by Crippen LogP contribution is 2.46. The Labute approximate surface area is 152 Å². The van der Waals surface area contributed by atoms with Gasteiger partial charge in [-0.3, -0.25) is 0 Å². The van der Waals surface area contributed by atoms with E-state index >= 15 is 0 Å². The van der Waals surface area contributed by atoms with Crippen molar-refractivity contribution in [3.63, 3.8) is 0 Å². The minimum absolute atomic E-state index is 0.148. The summed E-state index contributed by atoms with van der Waals surface area (Å²) >= 11 is 1.69. The summed E-state index contributed by atoms with van der Waals surface area (Å²) in [6.07, 6.45) is 0. The SMILES string of the molecule is CC(C)(C)c1ccc(Sc2cccc3c2C2(N=C3N)OCCO2)cc1. The van der Waals surface area contributed by atoms with Gasteiger partial charge in [0.1, 0.15) is 5.84 Å². The summed E-state index contributed by atoms with van der Waals surface area (Å²) in [7, 11) is 0. The summed E-state index contributed by atoms with van der Waals surface area (Å²) in [6, 6.07) is 14.7. The van der Waals surface area contributed by atoms with Gasteiger partial charge in [-0.05, 0) is 29.2 Å². The van der Waals surface area contributed by atoms with Crippen LogP contribution in [0.25, 0.3) is 0 Å². The molecule has 25 heavy (non-hydrogen) atoms. The molecule has 2 aliphatic heterocycles. The Morgan fingerprint density at radius 2 is 1.72 bits per heavy atom. The first kappa shape index (κ1) is 16.6. The summed E-state index contributed by atoms with van der Waals surface area (Å²) in [5.74, 6) is -0.587. The van der Waals surface area contributed by atoms with Gasteiger partial charge in [0.15, 0.2) is 0 Å². The van der Waals surface area contributed by atoms with Crippen LogP contribution in [0.2, 0.25) is 0 Å². The molecule has 2 heterocycles. The molecule has 0 aliphatic carbocycles. The van der Waals surface area contributed by atoms with E-state index in [4.69, 9.17) is 15.2 Å². The van der Waals surface area contributed by atoms with E-state index in [-0.39, 0.29) is 5.41 Å². The number of nitrogens with two attached hydrogens (primary N) is 1. The molecule has 0 aromatic heterocycles. The Kier molecular flexibility index (Phi) is 3.90. The van der Waals surface area contributed by atoms with E-state index in [1.165, 1.54) is 10.5 Å². The Morgan fingerprint density at radius 1 is 1.04 bits per heavy atom. The highest BCUT2D eigenvalue weighted by atomic mass is 32.2. The third-order valence-electron chi connectivity index (χ3n) is 4.51. The van der Waals surface area contributed by atoms with E-state index in [0.717, 1.165) is 16.0 Å². The lowest BCUT2D eigenvalue weighted by Crippen LogP contribution is -2.23. The number of fused-ring (bicyclic) bond motifs is 2. The Balaban J connectivity index is 1.70. The van der Waals surface area contributed by atoms with Crippen molar-refractivity contribution in [2.45, 2.75) is 41.9 Å². The average Bonchev–Trinajstić information content (AvgIpc) is 3.14. The van der Waals surface area contributed by atoms with Crippen molar-refractivity contribution in [1.82, 2.24) is 0 Å². The van der Waals surface area contributed by atoms with Crippen LogP contribution in [0, 0.1) is 0 Å². The normalized spacial score (nSPS) is 18.4. The topological polar surface area (TPSA) is 56.8 Å². The van der Waals surface area contributed by atoms with Crippen molar-refractivity contribution in [3.05, 3.63) is 59.2 Å². The summed E-state index contributed by atoms with van der Waals surface area (Å²) in [5.41, 5.74) is 9.41. The number of hydrogen-bond donors (Lipinski definition) is 1. The molecule has 1 spiro atoms. The molecule has 0 saturated carbocycles. The van der Waals surface area contributed by atoms with Crippen molar-refractivity contribution in [3.8, 4) is 0 Å². The maximum atomic E-state index is 6.11. The van der Waals surface area contributed by atoms with Crippen LogP contribution in [0.5, 0.6) is 0 Å². The van der Waals surface area contributed by atoms with Gasteiger partial charge in [0, 0.05) is 15.4 Å². The second-order valence-corrected chi connectivity index (χ2v) is 8.45. The lowest BCUT2D eigenvalue weighted by molar-refractivity contribution is -0.157. The second kappa shape index (κ2) is 5.87. The van der Waals surface area contributed by atoms with E-state index < -0.39 is 5.91 Å². The quantitative estimate of drug-likeness (QED) is 0.885. The Morgan fingerprint density at radius 3 is 2.36 bits per heavy atom. The van der Waals surface area contributed by atoms with E-state index in [9.17, 15) is 0 Å². The zero-order chi connectivity index (χ0) is 17.7. The first-order valence-corrected chi connectivity index (χ1v) is 9.26. The number of hydrogen-bond acceptors (Lipinski definition) is 5. The van der Waals surface area contributed by atoms with E-state index in [1.807, 2.05) is 12.1 Å². The van der Waals surface area contributed by atoms with Gasteiger partial charge in [-0.25, -0.2) is 4.99 Å². The van der Waals surface area contributed by atoms with Crippen LogP contribution in [-0.4, -0.2) is 19.0 Å². The fraction of sp³-hybridized carbons (Fsp3) is 0.350. The van der Waals surface area contributed by atoms with Gasteiger partial charge in [-0.2, -0.15) is 0 Å². The number of benzene rings is 2. The zero-order valence-corrected chi connectivity index (χ0v) is 15.5. The second-order valence-electron chi connectivity index (χ2n) is 7.33. The van der Waals surface area contributed by atoms with Gasteiger partial charge >= 0.3 is 5.91 Å². The first-order valence-electron chi connectivity index (χ1n) is 8.45. The van der Waals surface area contributed by atoms with Crippen LogP contribution in [0.15, 0.2) is 57.2 Å². The third-order valence-corrected chi connectivity index (χ3v) is 5.58. The van der Waals surface area contributed by atoms with Crippen LogP contribution in [0.4, 0.5) is 0 Å². The molecule has 4 rings (SSSR count). The third kappa shape index (κ3) is 2.86. The molecule has 2 aliphatic rings. The number of aliphatic imine (C=N–C) groups is 1. The fourth-order valence-corrected chi connectivity index (χ4v) is 4.20.